The first-order valence-corrected chi connectivity index (χ1v) is 10.2. The van der Waals surface area contributed by atoms with Crippen LogP contribution in [0, 0.1) is 11.3 Å². The molecular formula is C19H17Cl2NO4S. The van der Waals surface area contributed by atoms with Crippen molar-refractivity contribution < 1.29 is 17.9 Å². The van der Waals surface area contributed by atoms with Crippen LogP contribution < -0.4 is 9.47 Å². The van der Waals surface area contributed by atoms with Crippen LogP contribution in [0.15, 0.2) is 46.2 Å². The lowest BCUT2D eigenvalue weighted by atomic mass is 10.2. The first kappa shape index (κ1) is 21.1. The summed E-state index contributed by atoms with van der Waals surface area (Å²) in [5.74, 6) is 0.975. The van der Waals surface area contributed by atoms with E-state index in [2.05, 4.69) is 0 Å². The molecule has 0 spiro atoms. The Morgan fingerprint density at radius 2 is 1.93 bits per heavy atom. The van der Waals surface area contributed by atoms with Crippen molar-refractivity contribution in [2.45, 2.75) is 18.2 Å². The van der Waals surface area contributed by atoms with E-state index in [1.165, 1.54) is 31.4 Å². The fourth-order valence-corrected chi connectivity index (χ4v) is 4.15. The number of halogens is 2. The molecule has 8 heteroatoms. The summed E-state index contributed by atoms with van der Waals surface area (Å²) in [6, 6.07) is 10.7. The summed E-state index contributed by atoms with van der Waals surface area (Å²) < 4.78 is 36.5. The summed E-state index contributed by atoms with van der Waals surface area (Å²) in [5, 5.41) is 9.62. The third-order valence-corrected chi connectivity index (χ3v) is 5.91. The number of hydrogen-bond acceptors (Lipinski definition) is 5. The van der Waals surface area contributed by atoms with Crippen molar-refractivity contribution in [3.8, 4) is 17.6 Å². The lowest BCUT2D eigenvalue weighted by Crippen LogP contribution is -2.04. The van der Waals surface area contributed by atoms with Crippen LogP contribution in [0.1, 0.15) is 18.9 Å². The molecule has 0 heterocycles. The number of nitriles is 1. The molecular weight excluding hydrogens is 409 g/mol. The van der Waals surface area contributed by atoms with Crippen molar-refractivity contribution >= 4 is 39.1 Å². The lowest BCUT2D eigenvalue weighted by Gasteiger charge is -2.11. The van der Waals surface area contributed by atoms with Gasteiger partial charge in [0.2, 0.25) is 9.84 Å². The molecule has 0 aliphatic rings. The van der Waals surface area contributed by atoms with Crippen LogP contribution in [0.3, 0.4) is 0 Å². The number of benzene rings is 2. The monoisotopic (exact) mass is 425 g/mol. The molecule has 0 unspecified atom stereocenters. The van der Waals surface area contributed by atoms with Crippen molar-refractivity contribution in [2.75, 3.05) is 13.7 Å². The van der Waals surface area contributed by atoms with Crippen LogP contribution in [-0.2, 0) is 9.84 Å². The normalized spacial score (nSPS) is 11.7. The van der Waals surface area contributed by atoms with E-state index in [0.29, 0.717) is 23.7 Å². The molecule has 0 aliphatic heterocycles. The van der Waals surface area contributed by atoms with Gasteiger partial charge in [-0.1, -0.05) is 36.2 Å². The van der Waals surface area contributed by atoms with Gasteiger partial charge in [0.05, 0.1) is 23.6 Å². The van der Waals surface area contributed by atoms with Gasteiger partial charge in [0.25, 0.3) is 0 Å². The van der Waals surface area contributed by atoms with Gasteiger partial charge in [-0.2, -0.15) is 5.26 Å². The second-order valence-electron chi connectivity index (χ2n) is 5.46. The zero-order valence-electron chi connectivity index (χ0n) is 14.7. The summed E-state index contributed by atoms with van der Waals surface area (Å²) in [4.78, 5) is -0.682. The topological polar surface area (TPSA) is 76.4 Å². The smallest absolute Gasteiger partial charge is 0.218 e. The van der Waals surface area contributed by atoms with E-state index >= 15 is 0 Å². The van der Waals surface area contributed by atoms with Gasteiger partial charge in [0.1, 0.15) is 11.0 Å². The van der Waals surface area contributed by atoms with Crippen LogP contribution >= 0.6 is 23.2 Å². The van der Waals surface area contributed by atoms with Crippen LogP contribution in [0.4, 0.5) is 0 Å². The summed E-state index contributed by atoms with van der Waals surface area (Å²) >= 11 is 11.9. The van der Waals surface area contributed by atoms with Gasteiger partial charge < -0.3 is 9.47 Å². The van der Waals surface area contributed by atoms with Crippen molar-refractivity contribution in [3.05, 3.63) is 56.9 Å². The maximum atomic E-state index is 12.8. The van der Waals surface area contributed by atoms with E-state index in [0.717, 1.165) is 6.42 Å². The summed E-state index contributed by atoms with van der Waals surface area (Å²) in [6.45, 7) is 2.44. The number of allylic oxidation sites excluding steroid dienone is 1. The third-order valence-electron chi connectivity index (χ3n) is 3.53. The molecule has 0 atom stereocenters. The van der Waals surface area contributed by atoms with Crippen molar-refractivity contribution in [1.29, 1.82) is 5.26 Å². The average Bonchev–Trinajstić information content (AvgIpc) is 2.66. The highest BCUT2D eigenvalue weighted by Crippen LogP contribution is 2.32. The summed E-state index contributed by atoms with van der Waals surface area (Å²) in [7, 11) is -2.63. The zero-order chi connectivity index (χ0) is 20.0. The van der Waals surface area contributed by atoms with Crippen molar-refractivity contribution in [2.24, 2.45) is 0 Å². The Morgan fingerprint density at radius 1 is 1.19 bits per heavy atom. The quantitative estimate of drug-likeness (QED) is 0.574. The Morgan fingerprint density at radius 3 is 2.56 bits per heavy atom. The Labute approximate surface area is 168 Å². The minimum atomic E-state index is -4.14. The molecule has 0 saturated heterocycles. The first-order chi connectivity index (χ1) is 12.8. The number of methoxy groups -OCH3 is 1. The standard InChI is InChI=1S/C19H17Cl2NO4S/c1-3-8-26-18-10-13(4-7-17(18)25-2)9-15(12-22)27(23,24)19-11-14(20)5-6-16(19)21/h4-7,9-11H,3,8H2,1-2H3. The fourth-order valence-electron chi connectivity index (χ4n) is 2.23. The van der Waals surface area contributed by atoms with Crippen LogP contribution in [-0.4, -0.2) is 22.1 Å². The molecule has 0 fully saturated rings. The molecule has 0 saturated carbocycles. The van der Waals surface area contributed by atoms with E-state index in [1.54, 1.807) is 24.3 Å². The molecule has 0 aromatic heterocycles. The second kappa shape index (κ2) is 9.14. The van der Waals surface area contributed by atoms with Crippen molar-refractivity contribution in [1.82, 2.24) is 0 Å². The molecule has 142 valence electrons. The predicted octanol–water partition coefficient (Wildman–Crippen LogP) is 5.13. The largest absolute Gasteiger partial charge is 0.493 e. The summed E-state index contributed by atoms with van der Waals surface area (Å²) in [5.41, 5.74) is 0.472. The molecule has 0 bridgehead atoms. The van der Waals surface area contributed by atoms with Gasteiger partial charge in [-0.3, -0.25) is 0 Å². The van der Waals surface area contributed by atoms with Gasteiger partial charge in [-0.15, -0.1) is 0 Å². The van der Waals surface area contributed by atoms with E-state index in [4.69, 9.17) is 32.7 Å². The Hall–Kier alpha value is -2.20. The SMILES string of the molecule is CCCOc1cc(C=C(C#N)S(=O)(=O)c2cc(Cl)ccc2Cl)ccc1OC. The predicted molar refractivity (Wildman–Crippen MR) is 106 cm³/mol. The van der Waals surface area contributed by atoms with Crippen LogP contribution in [0.2, 0.25) is 10.0 Å². The van der Waals surface area contributed by atoms with E-state index in [9.17, 15) is 13.7 Å². The Bertz CT molecular complexity index is 1010. The zero-order valence-corrected chi connectivity index (χ0v) is 17.0. The number of hydrogen-bond donors (Lipinski definition) is 0. The van der Waals surface area contributed by atoms with Crippen LogP contribution in [0.25, 0.3) is 6.08 Å². The molecule has 27 heavy (non-hydrogen) atoms. The van der Waals surface area contributed by atoms with E-state index in [-0.39, 0.29) is 14.9 Å². The van der Waals surface area contributed by atoms with Gasteiger partial charge >= 0.3 is 0 Å². The first-order valence-electron chi connectivity index (χ1n) is 7.96. The second-order valence-corrected chi connectivity index (χ2v) is 8.19. The average molecular weight is 426 g/mol. The molecule has 2 rings (SSSR count). The lowest BCUT2D eigenvalue weighted by molar-refractivity contribution is 0.294. The molecule has 0 aliphatic carbocycles. The number of sulfone groups is 1. The van der Waals surface area contributed by atoms with Gasteiger partial charge in [-0.05, 0) is 48.4 Å². The molecule has 2 aromatic carbocycles. The van der Waals surface area contributed by atoms with Gasteiger partial charge in [-0.25, -0.2) is 8.42 Å². The summed E-state index contributed by atoms with van der Waals surface area (Å²) in [6.07, 6.45) is 2.05. The highest BCUT2D eigenvalue weighted by molar-refractivity contribution is 7.95. The Kier molecular flexibility index (Phi) is 7.14. The molecule has 0 radical (unpaired) electrons. The molecule has 2 aromatic rings. The number of ether oxygens (including phenoxy) is 2. The van der Waals surface area contributed by atoms with Gasteiger partial charge in [0.15, 0.2) is 11.5 Å². The number of rotatable bonds is 7. The molecule has 0 N–H and O–H groups in total. The maximum Gasteiger partial charge on any atom is 0.218 e. The molecule has 0 amide bonds. The minimum absolute atomic E-state index is 0.0118. The van der Waals surface area contributed by atoms with Crippen molar-refractivity contribution in [3.63, 3.8) is 0 Å². The number of nitrogens with zero attached hydrogens (tertiary/aromatic N) is 1. The minimum Gasteiger partial charge on any atom is -0.493 e. The highest BCUT2D eigenvalue weighted by atomic mass is 35.5. The third kappa shape index (κ3) is 4.95. The van der Waals surface area contributed by atoms with Gasteiger partial charge in [0, 0.05) is 5.02 Å². The highest BCUT2D eigenvalue weighted by Gasteiger charge is 2.24. The van der Waals surface area contributed by atoms with E-state index in [1.807, 2.05) is 6.92 Å². The molecule has 5 nitrogen and oxygen atoms in total. The maximum absolute atomic E-state index is 12.8. The van der Waals surface area contributed by atoms with Crippen LogP contribution in [0.5, 0.6) is 11.5 Å². The van der Waals surface area contributed by atoms with E-state index < -0.39 is 14.7 Å². The Balaban J connectivity index is 2.52. The fraction of sp³-hybridized carbons (Fsp3) is 0.211.